The van der Waals surface area contributed by atoms with Gasteiger partial charge in [-0.1, -0.05) is 35.4 Å². The predicted molar refractivity (Wildman–Crippen MR) is 89.9 cm³/mol. The Labute approximate surface area is 139 Å². The van der Waals surface area contributed by atoms with E-state index in [0.717, 1.165) is 26.2 Å². The summed E-state index contributed by atoms with van der Waals surface area (Å²) in [7, 11) is 2.06. The third-order valence-corrected chi connectivity index (χ3v) is 4.16. The van der Waals surface area contributed by atoms with Crippen molar-refractivity contribution in [1.82, 2.24) is 15.3 Å². The van der Waals surface area contributed by atoms with Crippen LogP contribution in [0, 0.1) is 0 Å². The fourth-order valence-electron chi connectivity index (χ4n) is 1.87. The van der Waals surface area contributed by atoms with Gasteiger partial charge in [0.05, 0.1) is 10.0 Å². The van der Waals surface area contributed by atoms with Crippen molar-refractivity contribution in [1.29, 1.82) is 0 Å². The van der Waals surface area contributed by atoms with E-state index >= 15 is 0 Å². The number of nitrogens with one attached hydrogen (secondary N) is 2. The van der Waals surface area contributed by atoms with Gasteiger partial charge in [-0.05, 0) is 25.2 Å². The number of hydrogen-bond acceptors (Lipinski definition) is 4. The predicted octanol–water partition coefficient (Wildman–Crippen LogP) is 2.01. The molecule has 21 heavy (non-hydrogen) atoms. The first-order valence-electron chi connectivity index (χ1n) is 6.46. The highest BCUT2D eigenvalue weighted by Gasteiger charge is 2.17. The number of hydrogen-bond donors (Lipinski definition) is 2. The van der Waals surface area contributed by atoms with E-state index in [4.69, 9.17) is 35.4 Å². The zero-order valence-electron chi connectivity index (χ0n) is 11.5. The molecule has 0 aromatic heterocycles. The van der Waals surface area contributed by atoms with Crippen LogP contribution in [-0.4, -0.2) is 54.0 Å². The Morgan fingerprint density at radius 2 is 1.86 bits per heavy atom. The normalized spacial score (nSPS) is 16.5. The minimum Gasteiger partial charge on any atom is -0.320 e. The summed E-state index contributed by atoms with van der Waals surface area (Å²) in [6.07, 6.45) is 0. The van der Waals surface area contributed by atoms with Crippen molar-refractivity contribution in [3.05, 3.63) is 28.2 Å². The van der Waals surface area contributed by atoms with Crippen molar-refractivity contribution >= 4 is 52.0 Å². The van der Waals surface area contributed by atoms with Crippen molar-refractivity contribution in [2.24, 2.45) is 0 Å². The maximum absolute atomic E-state index is 12.0. The first kappa shape index (κ1) is 16.5. The van der Waals surface area contributed by atoms with Gasteiger partial charge in [-0.25, -0.2) is 5.01 Å². The third kappa shape index (κ3) is 4.79. The maximum atomic E-state index is 12.0. The lowest BCUT2D eigenvalue weighted by Crippen LogP contribution is -2.54. The molecule has 1 amide bonds. The summed E-state index contributed by atoms with van der Waals surface area (Å²) in [6, 6.07) is 4.88. The first-order chi connectivity index (χ1) is 9.95. The number of piperazine rings is 1. The van der Waals surface area contributed by atoms with Gasteiger partial charge in [0, 0.05) is 31.9 Å². The highest BCUT2D eigenvalue weighted by molar-refractivity contribution is 7.82. The Balaban J connectivity index is 1.87. The van der Waals surface area contributed by atoms with Crippen LogP contribution in [0.2, 0.25) is 10.0 Å². The average molecular weight is 347 g/mol. The van der Waals surface area contributed by atoms with E-state index < -0.39 is 0 Å². The van der Waals surface area contributed by atoms with E-state index in [1.807, 2.05) is 5.01 Å². The number of amides is 1. The highest BCUT2D eigenvalue weighted by atomic mass is 35.5. The topological polar surface area (TPSA) is 47.6 Å². The Morgan fingerprint density at radius 3 is 2.48 bits per heavy atom. The van der Waals surface area contributed by atoms with E-state index in [1.165, 1.54) is 0 Å². The molecule has 1 fully saturated rings. The summed E-state index contributed by atoms with van der Waals surface area (Å²) < 4.78 is 0. The SMILES string of the molecule is CN1CCN(NC(=S)C(=O)Nc2ccc(Cl)c(Cl)c2)CC1. The molecule has 1 aliphatic heterocycles. The number of thiocarbonyl (C=S) groups is 1. The van der Waals surface area contributed by atoms with E-state index in [0.29, 0.717) is 15.7 Å². The second-order valence-corrected chi connectivity index (χ2v) is 6.04. The molecule has 5 nitrogen and oxygen atoms in total. The van der Waals surface area contributed by atoms with Gasteiger partial charge in [0.15, 0.2) is 4.99 Å². The van der Waals surface area contributed by atoms with Gasteiger partial charge in [-0.15, -0.1) is 0 Å². The molecule has 1 aliphatic rings. The van der Waals surface area contributed by atoms with Crippen molar-refractivity contribution in [3.63, 3.8) is 0 Å². The minimum atomic E-state index is -0.373. The summed E-state index contributed by atoms with van der Waals surface area (Å²) in [5.41, 5.74) is 3.51. The molecule has 114 valence electrons. The summed E-state index contributed by atoms with van der Waals surface area (Å²) >= 11 is 16.8. The van der Waals surface area contributed by atoms with Crippen molar-refractivity contribution in [3.8, 4) is 0 Å². The van der Waals surface area contributed by atoms with Crippen molar-refractivity contribution in [2.45, 2.75) is 0 Å². The Bertz CT molecular complexity index is 547. The fourth-order valence-corrected chi connectivity index (χ4v) is 2.35. The van der Waals surface area contributed by atoms with E-state index in [2.05, 4.69) is 22.7 Å². The van der Waals surface area contributed by atoms with Crippen molar-refractivity contribution < 1.29 is 4.79 Å². The molecule has 0 bridgehead atoms. The number of halogens is 2. The molecule has 0 radical (unpaired) electrons. The lowest BCUT2D eigenvalue weighted by molar-refractivity contribution is -0.110. The lowest BCUT2D eigenvalue weighted by Gasteiger charge is -2.32. The van der Waals surface area contributed by atoms with Gasteiger partial charge in [0.25, 0.3) is 5.91 Å². The second-order valence-electron chi connectivity index (χ2n) is 4.81. The van der Waals surface area contributed by atoms with Gasteiger partial charge in [0.1, 0.15) is 0 Å². The highest BCUT2D eigenvalue weighted by Crippen LogP contribution is 2.24. The van der Waals surface area contributed by atoms with Crippen LogP contribution in [0.25, 0.3) is 0 Å². The quantitative estimate of drug-likeness (QED) is 0.802. The summed E-state index contributed by atoms with van der Waals surface area (Å²) in [6.45, 7) is 3.50. The molecule has 0 saturated carbocycles. The van der Waals surface area contributed by atoms with E-state index in [9.17, 15) is 4.79 Å². The second kappa shape index (κ2) is 7.38. The number of rotatable bonds is 2. The molecule has 0 spiro atoms. The van der Waals surface area contributed by atoms with Gasteiger partial charge < -0.3 is 15.6 Å². The van der Waals surface area contributed by atoms with Crippen LogP contribution >= 0.6 is 35.4 Å². The largest absolute Gasteiger partial charge is 0.320 e. The number of hydrazine groups is 1. The van der Waals surface area contributed by atoms with Crippen LogP contribution in [0.1, 0.15) is 0 Å². The monoisotopic (exact) mass is 346 g/mol. The number of anilines is 1. The van der Waals surface area contributed by atoms with Crippen molar-refractivity contribution in [2.75, 3.05) is 38.5 Å². The van der Waals surface area contributed by atoms with Crippen LogP contribution in [0.3, 0.4) is 0 Å². The number of likely N-dealkylation sites (N-methyl/N-ethyl adjacent to an activating group) is 1. The zero-order valence-corrected chi connectivity index (χ0v) is 13.9. The fraction of sp³-hybridized carbons (Fsp3) is 0.385. The molecule has 0 atom stereocenters. The van der Waals surface area contributed by atoms with Crippen LogP contribution in [0.4, 0.5) is 5.69 Å². The number of benzene rings is 1. The van der Waals surface area contributed by atoms with Gasteiger partial charge in [0.2, 0.25) is 0 Å². The summed E-state index contributed by atoms with van der Waals surface area (Å²) in [5.74, 6) is -0.373. The van der Waals surface area contributed by atoms with Crippen LogP contribution < -0.4 is 10.7 Å². The summed E-state index contributed by atoms with van der Waals surface area (Å²) in [5, 5.41) is 5.45. The third-order valence-electron chi connectivity index (χ3n) is 3.15. The molecule has 0 aliphatic carbocycles. The smallest absolute Gasteiger partial charge is 0.284 e. The summed E-state index contributed by atoms with van der Waals surface area (Å²) in [4.78, 5) is 14.4. The molecule has 2 rings (SSSR count). The van der Waals surface area contributed by atoms with Crippen LogP contribution in [0.5, 0.6) is 0 Å². The average Bonchev–Trinajstić information content (AvgIpc) is 2.45. The number of carbonyl (C=O) groups excluding carboxylic acids is 1. The van der Waals surface area contributed by atoms with Crippen LogP contribution in [0.15, 0.2) is 18.2 Å². The Morgan fingerprint density at radius 1 is 1.19 bits per heavy atom. The Kier molecular flexibility index (Phi) is 5.78. The Hall–Kier alpha value is -0.920. The number of carbonyl (C=O) groups is 1. The van der Waals surface area contributed by atoms with Gasteiger partial charge in [-0.2, -0.15) is 0 Å². The van der Waals surface area contributed by atoms with E-state index in [1.54, 1.807) is 18.2 Å². The molecule has 1 saturated heterocycles. The van der Waals surface area contributed by atoms with Gasteiger partial charge >= 0.3 is 0 Å². The standard InChI is InChI=1S/C13H16Cl2N4OS/c1-18-4-6-19(7-5-18)17-13(21)12(20)16-9-2-3-10(14)11(15)8-9/h2-3,8H,4-7H2,1H3,(H,16,20)(H,17,21). The first-order valence-corrected chi connectivity index (χ1v) is 7.62. The zero-order chi connectivity index (χ0) is 15.4. The molecule has 1 aromatic rings. The minimum absolute atomic E-state index is 0.130. The lowest BCUT2D eigenvalue weighted by atomic mass is 10.3. The van der Waals surface area contributed by atoms with E-state index in [-0.39, 0.29) is 10.9 Å². The molecular formula is C13H16Cl2N4OS. The molecule has 1 heterocycles. The molecule has 8 heteroatoms. The molecule has 2 N–H and O–H groups in total. The molecular weight excluding hydrogens is 331 g/mol. The number of nitrogens with zero attached hydrogens (tertiary/aromatic N) is 2. The molecule has 0 unspecified atom stereocenters. The van der Waals surface area contributed by atoms with Crippen LogP contribution in [-0.2, 0) is 4.79 Å². The maximum Gasteiger partial charge on any atom is 0.284 e. The molecule has 1 aromatic carbocycles. The van der Waals surface area contributed by atoms with Gasteiger partial charge in [-0.3, -0.25) is 4.79 Å².